The molecule has 1 saturated carbocycles. The van der Waals surface area contributed by atoms with E-state index in [-0.39, 0.29) is 0 Å². The number of pyridine rings is 1. The normalized spacial score (nSPS) is 15.8. The molecule has 3 aromatic rings. The molecule has 2 heterocycles. The van der Waals surface area contributed by atoms with E-state index in [1.54, 1.807) is 0 Å². The van der Waals surface area contributed by atoms with Crippen molar-refractivity contribution in [3.63, 3.8) is 0 Å². The van der Waals surface area contributed by atoms with Crippen LogP contribution in [0.3, 0.4) is 0 Å². The average Bonchev–Trinajstić information content (AvgIpc) is 2.94. The number of aromatic nitrogens is 2. The van der Waals surface area contributed by atoms with Crippen molar-refractivity contribution in [2.75, 3.05) is 5.32 Å². The van der Waals surface area contributed by atoms with Gasteiger partial charge in [-0.2, -0.15) is 0 Å². The van der Waals surface area contributed by atoms with Crippen molar-refractivity contribution in [2.24, 2.45) is 0 Å². The van der Waals surface area contributed by atoms with Crippen molar-refractivity contribution < 1.29 is 0 Å². The molecule has 0 spiro atoms. The van der Waals surface area contributed by atoms with E-state index < -0.39 is 0 Å². The molecule has 1 aliphatic rings. The topological polar surface area (TPSA) is 29.3 Å². The van der Waals surface area contributed by atoms with E-state index in [0.29, 0.717) is 6.04 Å². The summed E-state index contributed by atoms with van der Waals surface area (Å²) in [6.07, 6.45) is 8.35. The molecule has 3 nitrogen and oxygen atoms in total. The summed E-state index contributed by atoms with van der Waals surface area (Å²) in [6, 6.07) is 12.9. The third-order valence-corrected chi connectivity index (χ3v) is 5.04. The lowest BCUT2D eigenvalue weighted by molar-refractivity contribution is 0.462. The molecule has 2 aromatic heterocycles. The van der Waals surface area contributed by atoms with Gasteiger partial charge in [-0.1, -0.05) is 54.6 Å². The Morgan fingerprint density at radius 2 is 1.96 bits per heavy atom. The number of nitrogens with one attached hydrogen (secondary N) is 1. The maximum atomic E-state index is 6.24. The molecule has 4 heteroatoms. The highest BCUT2D eigenvalue weighted by Crippen LogP contribution is 2.32. The Bertz CT molecular complexity index is 862. The number of aryl methyl sites for hydroxylation is 1. The zero-order valence-electron chi connectivity index (χ0n) is 13.9. The monoisotopic (exact) mass is 339 g/mol. The van der Waals surface area contributed by atoms with Gasteiger partial charge in [-0.25, -0.2) is 4.98 Å². The smallest absolute Gasteiger partial charge is 0.139 e. The second-order valence-corrected chi connectivity index (χ2v) is 7.17. The number of fused-ring (bicyclic) bond motifs is 1. The Labute approximate surface area is 147 Å². The van der Waals surface area contributed by atoms with E-state index in [1.807, 2.05) is 18.3 Å². The Morgan fingerprint density at radius 3 is 2.75 bits per heavy atom. The quantitative estimate of drug-likeness (QED) is 0.662. The lowest BCUT2D eigenvalue weighted by Gasteiger charge is -2.24. The number of imidazole rings is 1. The maximum Gasteiger partial charge on any atom is 0.139 e. The molecule has 4 rings (SSSR count). The first-order chi connectivity index (χ1) is 11.7. The van der Waals surface area contributed by atoms with Gasteiger partial charge in [0.15, 0.2) is 0 Å². The van der Waals surface area contributed by atoms with E-state index in [4.69, 9.17) is 16.6 Å². The largest absolute Gasteiger partial charge is 0.367 e. The summed E-state index contributed by atoms with van der Waals surface area (Å²) >= 11 is 6.24. The molecule has 0 aliphatic heterocycles. The van der Waals surface area contributed by atoms with Gasteiger partial charge >= 0.3 is 0 Å². The Balaban J connectivity index is 1.83. The third kappa shape index (κ3) is 3.01. The predicted octanol–water partition coefficient (Wildman–Crippen LogP) is 5.71. The van der Waals surface area contributed by atoms with Crippen LogP contribution in [-0.4, -0.2) is 15.4 Å². The second kappa shape index (κ2) is 6.48. The van der Waals surface area contributed by atoms with Crippen LogP contribution in [0.2, 0.25) is 5.02 Å². The van der Waals surface area contributed by atoms with E-state index >= 15 is 0 Å². The van der Waals surface area contributed by atoms with Gasteiger partial charge in [0, 0.05) is 17.8 Å². The van der Waals surface area contributed by atoms with Crippen LogP contribution >= 0.6 is 11.6 Å². The van der Waals surface area contributed by atoms with Crippen molar-refractivity contribution in [3.05, 3.63) is 53.2 Å². The third-order valence-electron chi connectivity index (χ3n) is 4.82. The number of nitrogens with zero attached hydrogens (tertiary/aromatic N) is 2. The minimum Gasteiger partial charge on any atom is -0.367 e. The molecule has 1 N–H and O–H groups in total. The first-order valence-electron chi connectivity index (χ1n) is 8.72. The van der Waals surface area contributed by atoms with Gasteiger partial charge in [0.25, 0.3) is 0 Å². The number of halogens is 1. The van der Waals surface area contributed by atoms with Crippen LogP contribution < -0.4 is 5.32 Å². The lowest BCUT2D eigenvalue weighted by atomic mass is 9.95. The Hall–Kier alpha value is -2.00. The second-order valence-electron chi connectivity index (χ2n) is 6.73. The van der Waals surface area contributed by atoms with E-state index in [0.717, 1.165) is 27.7 Å². The van der Waals surface area contributed by atoms with Gasteiger partial charge in [-0.3, -0.25) is 4.40 Å². The molecule has 1 aliphatic carbocycles. The zero-order chi connectivity index (χ0) is 16.5. The molecular weight excluding hydrogens is 318 g/mol. The van der Waals surface area contributed by atoms with Crippen LogP contribution in [0.25, 0.3) is 16.9 Å². The highest BCUT2D eigenvalue weighted by atomic mass is 35.5. The van der Waals surface area contributed by atoms with E-state index in [2.05, 4.69) is 40.9 Å². The average molecular weight is 340 g/mol. The number of benzene rings is 1. The van der Waals surface area contributed by atoms with Crippen LogP contribution in [0.15, 0.2) is 42.6 Å². The van der Waals surface area contributed by atoms with Crippen LogP contribution in [-0.2, 0) is 0 Å². The molecule has 0 atom stereocenters. The summed E-state index contributed by atoms with van der Waals surface area (Å²) in [5.41, 5.74) is 4.32. The summed E-state index contributed by atoms with van der Waals surface area (Å²) in [7, 11) is 0. The summed E-state index contributed by atoms with van der Waals surface area (Å²) in [6.45, 7) is 2.12. The van der Waals surface area contributed by atoms with Gasteiger partial charge < -0.3 is 5.32 Å². The fourth-order valence-corrected chi connectivity index (χ4v) is 3.75. The van der Waals surface area contributed by atoms with E-state index in [1.165, 1.54) is 37.7 Å². The maximum absolute atomic E-state index is 6.24. The molecule has 124 valence electrons. The van der Waals surface area contributed by atoms with Crippen molar-refractivity contribution in [2.45, 2.75) is 45.1 Å². The van der Waals surface area contributed by atoms with Crippen LogP contribution in [0.1, 0.15) is 37.7 Å². The van der Waals surface area contributed by atoms with Crippen molar-refractivity contribution in [3.8, 4) is 11.3 Å². The van der Waals surface area contributed by atoms with E-state index in [9.17, 15) is 0 Å². The zero-order valence-corrected chi connectivity index (χ0v) is 14.7. The summed E-state index contributed by atoms with van der Waals surface area (Å²) in [5.74, 6) is 1.06. The molecule has 1 fully saturated rings. The fourth-order valence-electron chi connectivity index (χ4n) is 3.59. The molecule has 0 unspecified atom stereocenters. The molecule has 0 radical (unpaired) electrons. The van der Waals surface area contributed by atoms with Crippen molar-refractivity contribution in [1.82, 2.24) is 9.38 Å². The molecular formula is C20H22ClN3. The summed E-state index contributed by atoms with van der Waals surface area (Å²) < 4.78 is 2.09. The number of anilines is 1. The molecule has 1 aromatic carbocycles. The first-order valence-corrected chi connectivity index (χ1v) is 9.10. The number of hydrogen-bond acceptors (Lipinski definition) is 2. The summed E-state index contributed by atoms with van der Waals surface area (Å²) in [4.78, 5) is 4.87. The standard InChI is InChI=1S/C20H22ClN3/c1-14-6-5-7-15(12-14)19-20(22-17-8-3-2-4-9-17)24-13-16(21)10-11-18(24)23-19/h5-7,10-13,17,22H,2-4,8-9H2,1H3. The minimum absolute atomic E-state index is 0.515. The minimum atomic E-state index is 0.515. The molecule has 0 amide bonds. The summed E-state index contributed by atoms with van der Waals surface area (Å²) in [5, 5.41) is 4.48. The van der Waals surface area contributed by atoms with Gasteiger partial charge in [-0.05, 0) is 38.0 Å². The lowest BCUT2D eigenvalue weighted by Crippen LogP contribution is -2.23. The predicted molar refractivity (Wildman–Crippen MR) is 101 cm³/mol. The Kier molecular flexibility index (Phi) is 4.19. The van der Waals surface area contributed by atoms with Gasteiger partial charge in [0.2, 0.25) is 0 Å². The molecule has 0 bridgehead atoms. The highest BCUT2D eigenvalue weighted by molar-refractivity contribution is 6.30. The highest BCUT2D eigenvalue weighted by Gasteiger charge is 2.19. The first kappa shape index (κ1) is 15.5. The number of hydrogen-bond donors (Lipinski definition) is 1. The van der Waals surface area contributed by atoms with Crippen molar-refractivity contribution in [1.29, 1.82) is 0 Å². The Morgan fingerprint density at radius 1 is 1.12 bits per heavy atom. The molecule has 0 saturated heterocycles. The van der Waals surface area contributed by atoms with Gasteiger partial charge in [0.1, 0.15) is 17.2 Å². The number of rotatable bonds is 3. The van der Waals surface area contributed by atoms with Crippen LogP contribution in [0, 0.1) is 6.92 Å². The van der Waals surface area contributed by atoms with Crippen LogP contribution in [0.5, 0.6) is 0 Å². The van der Waals surface area contributed by atoms with Gasteiger partial charge in [-0.15, -0.1) is 0 Å². The van der Waals surface area contributed by atoms with Crippen molar-refractivity contribution >= 4 is 23.1 Å². The van der Waals surface area contributed by atoms with Gasteiger partial charge in [0.05, 0.1) is 5.02 Å². The fraction of sp³-hybridized carbons (Fsp3) is 0.350. The molecule has 24 heavy (non-hydrogen) atoms. The van der Waals surface area contributed by atoms with Crippen LogP contribution in [0.4, 0.5) is 5.82 Å². The SMILES string of the molecule is Cc1cccc(-c2nc3ccc(Cl)cn3c2NC2CCCCC2)c1.